The second-order valence-corrected chi connectivity index (χ2v) is 5.46. The molecular formula is C13H18BrFN2O. The van der Waals surface area contributed by atoms with E-state index in [0.29, 0.717) is 17.1 Å². The van der Waals surface area contributed by atoms with Crippen LogP contribution in [0.1, 0.15) is 18.0 Å². The van der Waals surface area contributed by atoms with Crippen LogP contribution in [0.3, 0.4) is 0 Å². The van der Waals surface area contributed by atoms with Crippen molar-refractivity contribution in [3.63, 3.8) is 0 Å². The number of halogens is 2. The molecule has 18 heavy (non-hydrogen) atoms. The SMILES string of the molecule is CN(C1CCOC1)C(CN)c1ccc(Br)c(F)c1. The lowest BCUT2D eigenvalue weighted by atomic mass is 10.0. The highest BCUT2D eigenvalue weighted by Gasteiger charge is 2.26. The highest BCUT2D eigenvalue weighted by atomic mass is 79.9. The molecule has 100 valence electrons. The zero-order valence-electron chi connectivity index (χ0n) is 10.4. The molecule has 5 heteroatoms. The highest BCUT2D eigenvalue weighted by molar-refractivity contribution is 9.10. The first kappa shape index (κ1) is 13.9. The van der Waals surface area contributed by atoms with Crippen molar-refractivity contribution in [2.45, 2.75) is 18.5 Å². The van der Waals surface area contributed by atoms with Crippen molar-refractivity contribution in [1.82, 2.24) is 4.90 Å². The normalized spacial score (nSPS) is 21.5. The Labute approximate surface area is 115 Å². The first-order valence-corrected chi connectivity index (χ1v) is 6.87. The van der Waals surface area contributed by atoms with Gasteiger partial charge in [0.25, 0.3) is 0 Å². The molecule has 0 spiro atoms. The smallest absolute Gasteiger partial charge is 0.137 e. The van der Waals surface area contributed by atoms with Gasteiger partial charge in [0.05, 0.1) is 11.1 Å². The van der Waals surface area contributed by atoms with E-state index in [1.54, 1.807) is 12.1 Å². The lowest BCUT2D eigenvalue weighted by Gasteiger charge is -2.31. The van der Waals surface area contributed by atoms with E-state index in [9.17, 15) is 4.39 Å². The minimum absolute atomic E-state index is 0.0271. The van der Waals surface area contributed by atoms with Crippen molar-refractivity contribution in [2.24, 2.45) is 5.73 Å². The topological polar surface area (TPSA) is 38.5 Å². The van der Waals surface area contributed by atoms with Crippen LogP contribution in [0.5, 0.6) is 0 Å². The van der Waals surface area contributed by atoms with Gasteiger partial charge in [0.1, 0.15) is 5.82 Å². The van der Waals surface area contributed by atoms with Gasteiger partial charge in [-0.2, -0.15) is 0 Å². The number of hydrogen-bond acceptors (Lipinski definition) is 3. The van der Waals surface area contributed by atoms with Gasteiger partial charge in [-0.3, -0.25) is 4.90 Å². The highest BCUT2D eigenvalue weighted by Crippen LogP contribution is 2.26. The molecule has 3 nitrogen and oxygen atoms in total. The molecule has 1 aliphatic heterocycles. The summed E-state index contributed by atoms with van der Waals surface area (Å²) >= 11 is 3.16. The van der Waals surface area contributed by atoms with Crippen LogP contribution in [-0.4, -0.2) is 37.7 Å². The summed E-state index contributed by atoms with van der Waals surface area (Å²) in [6.07, 6.45) is 1.01. The summed E-state index contributed by atoms with van der Waals surface area (Å²) in [5.74, 6) is -0.248. The van der Waals surface area contributed by atoms with E-state index in [1.165, 1.54) is 0 Å². The van der Waals surface area contributed by atoms with Gasteiger partial charge in [0, 0.05) is 25.2 Å². The van der Waals surface area contributed by atoms with Gasteiger partial charge in [-0.15, -0.1) is 0 Å². The lowest BCUT2D eigenvalue weighted by molar-refractivity contribution is 0.134. The van der Waals surface area contributed by atoms with E-state index in [2.05, 4.69) is 20.8 Å². The van der Waals surface area contributed by atoms with E-state index in [1.807, 2.05) is 13.1 Å². The molecule has 1 aromatic rings. The van der Waals surface area contributed by atoms with E-state index in [-0.39, 0.29) is 11.9 Å². The Hall–Kier alpha value is -0.490. The number of rotatable bonds is 4. The van der Waals surface area contributed by atoms with Crippen LogP contribution in [0, 0.1) is 5.82 Å². The molecule has 0 saturated carbocycles. The molecule has 2 unspecified atom stereocenters. The molecule has 1 aliphatic rings. The quantitative estimate of drug-likeness (QED) is 0.926. The number of nitrogens with zero attached hydrogens (tertiary/aromatic N) is 1. The summed E-state index contributed by atoms with van der Waals surface area (Å²) in [6, 6.07) is 5.58. The van der Waals surface area contributed by atoms with Gasteiger partial charge in [0.2, 0.25) is 0 Å². The number of hydrogen-bond donors (Lipinski definition) is 1. The first-order chi connectivity index (χ1) is 8.63. The average molecular weight is 317 g/mol. The Kier molecular flexibility index (Phi) is 4.72. The maximum Gasteiger partial charge on any atom is 0.137 e. The summed E-state index contributed by atoms with van der Waals surface area (Å²) in [5.41, 5.74) is 6.75. The average Bonchev–Trinajstić information content (AvgIpc) is 2.88. The molecule has 2 rings (SSSR count). The van der Waals surface area contributed by atoms with Crippen molar-refractivity contribution in [2.75, 3.05) is 26.8 Å². The van der Waals surface area contributed by atoms with Crippen molar-refractivity contribution < 1.29 is 9.13 Å². The summed E-state index contributed by atoms with van der Waals surface area (Å²) in [7, 11) is 2.02. The van der Waals surface area contributed by atoms with Crippen LogP contribution in [0.2, 0.25) is 0 Å². The van der Waals surface area contributed by atoms with Gasteiger partial charge in [0.15, 0.2) is 0 Å². The predicted molar refractivity (Wildman–Crippen MR) is 72.9 cm³/mol. The maximum absolute atomic E-state index is 13.6. The Balaban J connectivity index is 2.18. The van der Waals surface area contributed by atoms with E-state index < -0.39 is 0 Å². The summed E-state index contributed by atoms with van der Waals surface area (Å²) in [4.78, 5) is 2.19. The summed E-state index contributed by atoms with van der Waals surface area (Å²) in [6.45, 7) is 1.99. The third-order valence-corrected chi connectivity index (χ3v) is 4.17. The Morgan fingerprint density at radius 3 is 2.94 bits per heavy atom. The fraction of sp³-hybridized carbons (Fsp3) is 0.538. The number of benzene rings is 1. The standard InChI is InChI=1S/C13H18BrFN2O/c1-17(10-4-5-18-8-10)13(7-16)9-2-3-11(14)12(15)6-9/h2-3,6,10,13H,4-5,7-8,16H2,1H3. The molecule has 0 bridgehead atoms. The molecule has 2 N–H and O–H groups in total. The molecule has 0 amide bonds. The summed E-state index contributed by atoms with van der Waals surface area (Å²) < 4.78 is 19.5. The van der Waals surface area contributed by atoms with E-state index in [4.69, 9.17) is 10.5 Å². The fourth-order valence-corrected chi connectivity index (χ4v) is 2.60. The third kappa shape index (κ3) is 2.91. The van der Waals surface area contributed by atoms with E-state index in [0.717, 1.165) is 25.2 Å². The van der Waals surface area contributed by atoms with Crippen LogP contribution in [0.25, 0.3) is 0 Å². The summed E-state index contributed by atoms with van der Waals surface area (Å²) in [5, 5.41) is 0. The monoisotopic (exact) mass is 316 g/mol. The largest absolute Gasteiger partial charge is 0.380 e. The fourth-order valence-electron chi connectivity index (χ4n) is 2.35. The van der Waals surface area contributed by atoms with Crippen LogP contribution >= 0.6 is 15.9 Å². The third-order valence-electron chi connectivity index (χ3n) is 3.52. The van der Waals surface area contributed by atoms with Gasteiger partial charge in [-0.05, 0) is 47.1 Å². The number of ether oxygens (including phenoxy) is 1. The second-order valence-electron chi connectivity index (χ2n) is 4.61. The van der Waals surface area contributed by atoms with Crippen molar-refractivity contribution >= 4 is 15.9 Å². The Morgan fingerprint density at radius 2 is 2.39 bits per heavy atom. The Bertz CT molecular complexity index is 410. The van der Waals surface area contributed by atoms with Crippen LogP contribution < -0.4 is 5.73 Å². The minimum Gasteiger partial charge on any atom is -0.380 e. The molecule has 1 heterocycles. The molecule has 1 aromatic carbocycles. The second kappa shape index (κ2) is 6.10. The zero-order valence-corrected chi connectivity index (χ0v) is 12.0. The number of likely N-dealkylation sites (N-methyl/N-ethyl adjacent to an activating group) is 1. The molecule has 0 radical (unpaired) electrons. The molecule has 0 aromatic heterocycles. The molecule has 0 aliphatic carbocycles. The zero-order chi connectivity index (χ0) is 13.1. The predicted octanol–water partition coefficient (Wildman–Crippen LogP) is 2.31. The van der Waals surface area contributed by atoms with Crippen molar-refractivity contribution in [1.29, 1.82) is 0 Å². The number of nitrogens with two attached hydrogens (primary N) is 1. The van der Waals surface area contributed by atoms with Gasteiger partial charge >= 0.3 is 0 Å². The van der Waals surface area contributed by atoms with Crippen molar-refractivity contribution in [3.8, 4) is 0 Å². The Morgan fingerprint density at radius 1 is 1.61 bits per heavy atom. The first-order valence-electron chi connectivity index (χ1n) is 6.08. The maximum atomic E-state index is 13.6. The van der Waals surface area contributed by atoms with Crippen LogP contribution in [0.4, 0.5) is 4.39 Å². The molecular weight excluding hydrogens is 299 g/mol. The van der Waals surface area contributed by atoms with Crippen LogP contribution in [0.15, 0.2) is 22.7 Å². The lowest BCUT2D eigenvalue weighted by Crippen LogP contribution is -2.39. The molecule has 1 saturated heterocycles. The van der Waals surface area contributed by atoms with Gasteiger partial charge < -0.3 is 10.5 Å². The van der Waals surface area contributed by atoms with Crippen molar-refractivity contribution in [3.05, 3.63) is 34.1 Å². The van der Waals surface area contributed by atoms with Gasteiger partial charge in [-0.25, -0.2) is 4.39 Å². The molecule has 1 fully saturated rings. The van der Waals surface area contributed by atoms with Gasteiger partial charge in [-0.1, -0.05) is 6.07 Å². The minimum atomic E-state index is -0.248. The van der Waals surface area contributed by atoms with Crippen LogP contribution in [-0.2, 0) is 4.74 Å². The molecule has 2 atom stereocenters. The van der Waals surface area contributed by atoms with E-state index >= 15 is 0 Å².